The molecule has 0 bridgehead atoms. The Morgan fingerprint density at radius 3 is 2.65 bits per heavy atom. The van der Waals surface area contributed by atoms with Crippen LogP contribution in [0.25, 0.3) is 16.0 Å². The van der Waals surface area contributed by atoms with E-state index in [1.165, 1.54) is 16.0 Å². The Bertz CT molecular complexity index is 1200. The van der Waals surface area contributed by atoms with Crippen molar-refractivity contribution in [3.8, 4) is 0 Å². The average Bonchev–Trinajstić information content (AvgIpc) is 3.23. The summed E-state index contributed by atoms with van der Waals surface area (Å²) < 4.78 is 5.14. The van der Waals surface area contributed by atoms with Gasteiger partial charge in [-0.1, -0.05) is 37.1 Å². The summed E-state index contributed by atoms with van der Waals surface area (Å²) >= 11 is 7.28. The van der Waals surface area contributed by atoms with Crippen LogP contribution in [0.1, 0.15) is 25.3 Å². The molecule has 0 saturated carbocycles. The van der Waals surface area contributed by atoms with Crippen LogP contribution in [-0.2, 0) is 13.1 Å². The van der Waals surface area contributed by atoms with Crippen LogP contribution in [-0.4, -0.2) is 18.7 Å². The van der Waals surface area contributed by atoms with E-state index in [0.717, 1.165) is 18.4 Å². The molecule has 0 aliphatic carbocycles. The lowest BCUT2D eigenvalue weighted by molar-refractivity contribution is 0.613. The second kappa shape index (κ2) is 6.74. The SMILES string of the molecule is CCCCn1c(=O)c2sccc2n2c(=O)n(Cc3ccc(Cl)cc3)nc12. The number of unbranched alkanes of at least 4 members (excludes halogenated alkanes) is 1. The van der Waals surface area contributed by atoms with Crippen molar-refractivity contribution in [1.82, 2.24) is 18.7 Å². The van der Waals surface area contributed by atoms with E-state index >= 15 is 0 Å². The number of rotatable bonds is 5. The van der Waals surface area contributed by atoms with Gasteiger partial charge in [0.1, 0.15) is 4.70 Å². The second-order valence-corrected chi connectivity index (χ2v) is 7.50. The third kappa shape index (κ3) is 2.77. The zero-order valence-electron chi connectivity index (χ0n) is 14.2. The third-order valence-corrected chi connectivity index (χ3v) is 5.51. The number of aryl methyl sites for hydroxylation is 1. The molecule has 0 spiro atoms. The first-order valence-corrected chi connectivity index (χ1v) is 9.70. The normalized spacial score (nSPS) is 11.6. The summed E-state index contributed by atoms with van der Waals surface area (Å²) in [6, 6.07) is 9.10. The number of aromatic nitrogens is 4. The van der Waals surface area contributed by atoms with Gasteiger partial charge in [0.25, 0.3) is 5.56 Å². The monoisotopic (exact) mass is 388 g/mol. The van der Waals surface area contributed by atoms with Gasteiger partial charge in [-0.05, 0) is 35.6 Å². The number of fused-ring (bicyclic) bond motifs is 3. The minimum Gasteiger partial charge on any atom is -0.276 e. The minimum absolute atomic E-state index is 0.0837. The van der Waals surface area contributed by atoms with Gasteiger partial charge in [-0.2, -0.15) is 0 Å². The van der Waals surface area contributed by atoms with E-state index in [1.807, 2.05) is 17.5 Å². The molecule has 6 nitrogen and oxygen atoms in total. The molecule has 3 aromatic heterocycles. The van der Waals surface area contributed by atoms with Gasteiger partial charge in [-0.25, -0.2) is 13.9 Å². The highest BCUT2D eigenvalue weighted by Gasteiger charge is 2.18. The lowest BCUT2D eigenvalue weighted by Crippen LogP contribution is -2.25. The van der Waals surface area contributed by atoms with Gasteiger partial charge < -0.3 is 0 Å². The van der Waals surface area contributed by atoms with Crippen LogP contribution in [0.5, 0.6) is 0 Å². The number of nitrogens with zero attached hydrogens (tertiary/aromatic N) is 4. The van der Waals surface area contributed by atoms with E-state index in [-0.39, 0.29) is 11.2 Å². The molecular weight excluding hydrogens is 372 g/mol. The molecule has 4 rings (SSSR count). The van der Waals surface area contributed by atoms with E-state index < -0.39 is 0 Å². The Balaban J connectivity index is 1.93. The van der Waals surface area contributed by atoms with Gasteiger partial charge in [-0.3, -0.25) is 9.36 Å². The van der Waals surface area contributed by atoms with Crippen LogP contribution in [0.2, 0.25) is 5.02 Å². The fourth-order valence-electron chi connectivity index (χ4n) is 3.02. The van der Waals surface area contributed by atoms with Crippen LogP contribution in [0.4, 0.5) is 0 Å². The van der Waals surface area contributed by atoms with Crippen molar-refractivity contribution in [2.45, 2.75) is 32.9 Å². The van der Waals surface area contributed by atoms with Crippen molar-refractivity contribution >= 4 is 38.9 Å². The highest BCUT2D eigenvalue weighted by atomic mass is 35.5. The molecule has 0 saturated heterocycles. The molecule has 26 heavy (non-hydrogen) atoms. The topological polar surface area (TPSA) is 61.3 Å². The second-order valence-electron chi connectivity index (χ2n) is 6.15. The maximum Gasteiger partial charge on any atom is 0.352 e. The summed E-state index contributed by atoms with van der Waals surface area (Å²) in [5, 5.41) is 6.95. The van der Waals surface area contributed by atoms with Gasteiger partial charge in [0, 0.05) is 11.6 Å². The zero-order valence-corrected chi connectivity index (χ0v) is 15.8. The molecule has 0 aliphatic heterocycles. The number of halogens is 1. The Kier molecular flexibility index (Phi) is 4.42. The molecule has 1 aromatic carbocycles. The summed E-state index contributed by atoms with van der Waals surface area (Å²) in [7, 11) is 0. The molecule has 0 unspecified atom stereocenters. The standard InChI is InChI=1S/C18H17ClN4O2S/c1-2-3-9-21-16(24)15-14(8-10-26-15)23-17(21)20-22(18(23)25)11-12-4-6-13(19)7-5-12/h4-8,10H,2-3,9,11H2,1H3. The number of thiophene rings is 1. The largest absolute Gasteiger partial charge is 0.352 e. The Hall–Kier alpha value is -2.38. The maximum absolute atomic E-state index is 13.0. The highest BCUT2D eigenvalue weighted by Crippen LogP contribution is 2.18. The Labute approximate surface area is 157 Å². The number of hydrogen-bond donors (Lipinski definition) is 0. The van der Waals surface area contributed by atoms with E-state index in [9.17, 15) is 9.59 Å². The van der Waals surface area contributed by atoms with Crippen molar-refractivity contribution < 1.29 is 0 Å². The van der Waals surface area contributed by atoms with Crippen molar-refractivity contribution in [2.24, 2.45) is 0 Å². The Morgan fingerprint density at radius 1 is 1.15 bits per heavy atom. The van der Waals surface area contributed by atoms with Gasteiger partial charge in [0.15, 0.2) is 0 Å². The fourth-order valence-corrected chi connectivity index (χ4v) is 3.97. The minimum atomic E-state index is -0.247. The lowest BCUT2D eigenvalue weighted by Gasteiger charge is -2.06. The molecule has 0 radical (unpaired) electrons. The molecule has 0 fully saturated rings. The van der Waals surface area contributed by atoms with Crippen molar-refractivity contribution in [3.63, 3.8) is 0 Å². The van der Waals surface area contributed by atoms with Crippen molar-refractivity contribution in [1.29, 1.82) is 0 Å². The van der Waals surface area contributed by atoms with E-state index in [1.54, 1.807) is 27.2 Å². The van der Waals surface area contributed by atoms with E-state index in [0.29, 0.717) is 34.1 Å². The van der Waals surface area contributed by atoms with E-state index in [4.69, 9.17) is 11.6 Å². The van der Waals surface area contributed by atoms with Crippen LogP contribution >= 0.6 is 22.9 Å². The van der Waals surface area contributed by atoms with Crippen LogP contribution in [0.15, 0.2) is 45.3 Å². The molecule has 8 heteroatoms. The first kappa shape index (κ1) is 17.1. The van der Waals surface area contributed by atoms with Crippen molar-refractivity contribution in [3.05, 3.63) is 67.1 Å². The maximum atomic E-state index is 13.0. The Morgan fingerprint density at radius 2 is 1.92 bits per heavy atom. The van der Waals surface area contributed by atoms with Gasteiger partial charge in [-0.15, -0.1) is 16.4 Å². The molecule has 134 valence electrons. The van der Waals surface area contributed by atoms with Gasteiger partial charge >= 0.3 is 5.69 Å². The molecular formula is C18H17ClN4O2S. The third-order valence-electron chi connectivity index (χ3n) is 4.37. The quantitative estimate of drug-likeness (QED) is 0.526. The predicted molar refractivity (Wildman–Crippen MR) is 105 cm³/mol. The van der Waals surface area contributed by atoms with Crippen molar-refractivity contribution in [2.75, 3.05) is 0 Å². The summed E-state index contributed by atoms with van der Waals surface area (Å²) in [4.78, 5) is 25.8. The zero-order chi connectivity index (χ0) is 18.3. The summed E-state index contributed by atoms with van der Waals surface area (Å²) in [5.74, 6) is 0.397. The summed E-state index contributed by atoms with van der Waals surface area (Å²) in [5.41, 5.74) is 1.21. The molecule has 0 aliphatic rings. The lowest BCUT2D eigenvalue weighted by atomic mass is 10.2. The van der Waals surface area contributed by atoms with Crippen LogP contribution in [0, 0.1) is 0 Å². The smallest absolute Gasteiger partial charge is 0.276 e. The molecule has 0 atom stereocenters. The average molecular weight is 389 g/mol. The fraction of sp³-hybridized carbons (Fsp3) is 0.278. The number of hydrogen-bond acceptors (Lipinski definition) is 4. The van der Waals surface area contributed by atoms with Gasteiger partial charge in [0.05, 0.1) is 12.1 Å². The molecule has 4 aromatic rings. The summed E-state index contributed by atoms with van der Waals surface area (Å²) in [6.45, 7) is 2.94. The first-order chi connectivity index (χ1) is 12.6. The van der Waals surface area contributed by atoms with E-state index in [2.05, 4.69) is 12.0 Å². The van der Waals surface area contributed by atoms with Crippen LogP contribution in [0.3, 0.4) is 0 Å². The predicted octanol–water partition coefficient (Wildman–Crippen LogP) is 3.37. The molecule has 0 amide bonds. The summed E-state index contributed by atoms with van der Waals surface area (Å²) in [6.07, 6.45) is 1.81. The molecule has 0 N–H and O–H groups in total. The number of benzene rings is 1. The van der Waals surface area contributed by atoms with Gasteiger partial charge in [0.2, 0.25) is 5.78 Å². The van der Waals surface area contributed by atoms with Crippen LogP contribution < -0.4 is 11.2 Å². The molecule has 3 heterocycles. The highest BCUT2D eigenvalue weighted by molar-refractivity contribution is 7.17. The first-order valence-electron chi connectivity index (χ1n) is 8.44.